The average Bonchev–Trinajstić information content (AvgIpc) is 2.23. The highest BCUT2D eigenvalue weighted by Gasteiger charge is 2.03. The number of aromatic nitrogens is 1. The third-order valence-electron chi connectivity index (χ3n) is 2.03. The van der Waals surface area contributed by atoms with E-state index in [1.807, 2.05) is 24.3 Å². The molecule has 70 valence electrons. The van der Waals surface area contributed by atoms with Crippen LogP contribution >= 0.6 is 0 Å². The fourth-order valence-corrected chi connectivity index (χ4v) is 1.34. The van der Waals surface area contributed by atoms with Crippen LogP contribution in [-0.4, -0.2) is 11.4 Å². The van der Waals surface area contributed by atoms with E-state index in [-0.39, 0.29) is 0 Å². The number of rotatable bonds is 2. The van der Waals surface area contributed by atoms with Crippen LogP contribution in [0.5, 0.6) is 0 Å². The van der Waals surface area contributed by atoms with Crippen LogP contribution in [0.3, 0.4) is 0 Å². The third kappa shape index (κ3) is 1.26. The second kappa shape index (κ2) is 3.33. The van der Waals surface area contributed by atoms with Crippen LogP contribution in [0.4, 0.5) is 11.4 Å². The van der Waals surface area contributed by atoms with E-state index >= 15 is 0 Å². The first kappa shape index (κ1) is 8.50. The van der Waals surface area contributed by atoms with E-state index in [4.69, 9.17) is 5.73 Å². The number of anilines is 2. The fourth-order valence-electron chi connectivity index (χ4n) is 1.34. The molecule has 0 aliphatic carbocycles. The van der Waals surface area contributed by atoms with Crippen LogP contribution in [0.1, 0.15) is 0 Å². The first-order valence-electron chi connectivity index (χ1n) is 4.16. The summed E-state index contributed by atoms with van der Waals surface area (Å²) in [4.78, 5) is 14.4. The normalized spacial score (nSPS) is 10.0. The van der Waals surface area contributed by atoms with Gasteiger partial charge in [-0.05, 0) is 6.07 Å². The first-order valence-corrected chi connectivity index (χ1v) is 4.16. The first-order chi connectivity index (χ1) is 6.83. The number of para-hydroxylation sites is 1. The summed E-state index contributed by atoms with van der Waals surface area (Å²) < 4.78 is 0. The van der Waals surface area contributed by atoms with Crippen molar-refractivity contribution in [2.45, 2.75) is 0 Å². The number of nitrogens with one attached hydrogen (secondary N) is 1. The molecule has 1 aromatic heterocycles. The van der Waals surface area contributed by atoms with Gasteiger partial charge in [0, 0.05) is 5.39 Å². The topological polar surface area (TPSA) is 68.0 Å². The zero-order valence-electron chi connectivity index (χ0n) is 7.40. The lowest BCUT2D eigenvalue weighted by Crippen LogP contribution is -2.00. The predicted molar refractivity (Wildman–Crippen MR) is 55.8 cm³/mol. The highest BCUT2D eigenvalue weighted by atomic mass is 16.1. The number of nitrogens with zero attached hydrogens (tertiary/aromatic N) is 1. The van der Waals surface area contributed by atoms with E-state index in [1.54, 1.807) is 6.20 Å². The van der Waals surface area contributed by atoms with E-state index in [0.717, 1.165) is 10.9 Å². The zero-order chi connectivity index (χ0) is 9.97. The molecule has 0 bridgehead atoms. The molecule has 0 saturated carbocycles. The predicted octanol–water partition coefficient (Wildman–Crippen LogP) is 1.39. The molecule has 0 aliphatic rings. The number of hydrogen-bond acceptors (Lipinski definition) is 3. The van der Waals surface area contributed by atoms with Crippen molar-refractivity contribution in [2.24, 2.45) is 0 Å². The minimum atomic E-state index is 0.540. The van der Waals surface area contributed by atoms with Gasteiger partial charge in [-0.25, -0.2) is 0 Å². The van der Waals surface area contributed by atoms with Crippen molar-refractivity contribution >= 4 is 28.7 Å². The van der Waals surface area contributed by atoms with Gasteiger partial charge in [-0.2, -0.15) is 0 Å². The Morgan fingerprint density at radius 1 is 1.36 bits per heavy atom. The summed E-state index contributed by atoms with van der Waals surface area (Å²) >= 11 is 0. The quantitative estimate of drug-likeness (QED) is 0.698. The molecule has 0 saturated heterocycles. The Morgan fingerprint density at radius 3 is 2.93 bits per heavy atom. The van der Waals surface area contributed by atoms with Gasteiger partial charge in [0.15, 0.2) is 0 Å². The Bertz CT molecular complexity index is 482. The van der Waals surface area contributed by atoms with E-state index in [2.05, 4.69) is 10.3 Å². The summed E-state index contributed by atoms with van der Waals surface area (Å²) in [5.74, 6) is 0. The standard InChI is InChI=1S/C10H9N3O/c11-10-7-3-1-2-4-8(7)12-5-9(10)13-6-14/h1-6H,(H2,11,12)(H,13,14). The lowest BCUT2D eigenvalue weighted by molar-refractivity contribution is -0.105. The van der Waals surface area contributed by atoms with Gasteiger partial charge in [-0.15, -0.1) is 0 Å². The van der Waals surface area contributed by atoms with Crippen molar-refractivity contribution in [2.75, 3.05) is 11.1 Å². The maximum atomic E-state index is 10.3. The molecule has 2 aromatic rings. The Hall–Kier alpha value is -2.10. The van der Waals surface area contributed by atoms with Crippen molar-refractivity contribution in [3.63, 3.8) is 0 Å². The highest BCUT2D eigenvalue weighted by molar-refractivity contribution is 5.98. The Labute approximate surface area is 80.7 Å². The minimum Gasteiger partial charge on any atom is -0.396 e. The van der Waals surface area contributed by atoms with Crippen molar-refractivity contribution in [3.05, 3.63) is 30.5 Å². The molecule has 1 amide bonds. The molecule has 0 spiro atoms. The number of carbonyl (C=O) groups is 1. The van der Waals surface area contributed by atoms with Crippen molar-refractivity contribution in [3.8, 4) is 0 Å². The van der Waals surface area contributed by atoms with Gasteiger partial charge < -0.3 is 11.1 Å². The molecule has 0 radical (unpaired) electrons. The monoisotopic (exact) mass is 187 g/mol. The maximum Gasteiger partial charge on any atom is 0.211 e. The number of nitrogens with two attached hydrogens (primary N) is 1. The smallest absolute Gasteiger partial charge is 0.211 e. The van der Waals surface area contributed by atoms with Gasteiger partial charge in [0.2, 0.25) is 6.41 Å². The molecular weight excluding hydrogens is 178 g/mol. The van der Waals surface area contributed by atoms with Crippen LogP contribution in [0, 0.1) is 0 Å². The van der Waals surface area contributed by atoms with Gasteiger partial charge in [0.25, 0.3) is 0 Å². The minimum absolute atomic E-state index is 0.540. The van der Waals surface area contributed by atoms with Gasteiger partial charge in [-0.1, -0.05) is 18.2 Å². The lowest BCUT2D eigenvalue weighted by Gasteiger charge is -2.06. The molecule has 14 heavy (non-hydrogen) atoms. The van der Waals surface area contributed by atoms with E-state index in [9.17, 15) is 4.79 Å². The van der Waals surface area contributed by atoms with Crippen LogP contribution in [0.15, 0.2) is 30.5 Å². The molecule has 3 N–H and O–H groups in total. The summed E-state index contributed by atoms with van der Waals surface area (Å²) in [6.07, 6.45) is 2.13. The molecule has 0 atom stereocenters. The maximum absolute atomic E-state index is 10.3. The van der Waals surface area contributed by atoms with Crippen LogP contribution in [-0.2, 0) is 4.79 Å². The molecule has 1 heterocycles. The number of fused-ring (bicyclic) bond motifs is 1. The zero-order valence-corrected chi connectivity index (χ0v) is 7.40. The number of carbonyl (C=O) groups excluding carboxylic acids is 1. The number of hydrogen-bond donors (Lipinski definition) is 2. The SMILES string of the molecule is Nc1c(NC=O)cnc2ccccc12. The highest BCUT2D eigenvalue weighted by Crippen LogP contribution is 2.25. The van der Waals surface area contributed by atoms with Gasteiger partial charge in [0.1, 0.15) is 0 Å². The van der Waals surface area contributed by atoms with Gasteiger partial charge in [-0.3, -0.25) is 9.78 Å². The summed E-state index contributed by atoms with van der Waals surface area (Å²) in [5, 5.41) is 3.35. The van der Waals surface area contributed by atoms with Crippen molar-refractivity contribution < 1.29 is 4.79 Å². The average molecular weight is 187 g/mol. The van der Waals surface area contributed by atoms with Crippen LogP contribution in [0.2, 0.25) is 0 Å². The van der Waals surface area contributed by atoms with Crippen molar-refractivity contribution in [1.29, 1.82) is 0 Å². The largest absolute Gasteiger partial charge is 0.396 e. The second-order valence-corrected chi connectivity index (χ2v) is 2.86. The summed E-state index contributed by atoms with van der Waals surface area (Å²) in [6.45, 7) is 0. The van der Waals surface area contributed by atoms with Gasteiger partial charge in [0.05, 0.1) is 23.1 Å². The number of nitrogen functional groups attached to an aromatic ring is 1. The summed E-state index contributed by atoms with van der Waals surface area (Å²) in [6, 6.07) is 7.51. The van der Waals surface area contributed by atoms with Crippen LogP contribution in [0.25, 0.3) is 10.9 Å². The molecule has 0 unspecified atom stereocenters. The number of amides is 1. The number of benzene rings is 1. The van der Waals surface area contributed by atoms with E-state index in [1.165, 1.54) is 0 Å². The lowest BCUT2D eigenvalue weighted by atomic mass is 10.2. The van der Waals surface area contributed by atoms with E-state index in [0.29, 0.717) is 17.8 Å². The van der Waals surface area contributed by atoms with Crippen molar-refractivity contribution in [1.82, 2.24) is 4.98 Å². The Morgan fingerprint density at radius 2 is 2.14 bits per heavy atom. The molecule has 0 fully saturated rings. The molecule has 4 heteroatoms. The molecule has 2 rings (SSSR count). The van der Waals surface area contributed by atoms with Crippen LogP contribution < -0.4 is 11.1 Å². The third-order valence-corrected chi connectivity index (χ3v) is 2.03. The van der Waals surface area contributed by atoms with E-state index < -0.39 is 0 Å². The fraction of sp³-hybridized carbons (Fsp3) is 0. The Kier molecular flexibility index (Phi) is 2.02. The second-order valence-electron chi connectivity index (χ2n) is 2.86. The Balaban J connectivity index is 2.68. The molecular formula is C10H9N3O. The molecule has 4 nitrogen and oxygen atoms in total. The molecule has 0 aliphatic heterocycles. The summed E-state index contributed by atoms with van der Waals surface area (Å²) in [5.41, 5.74) is 7.75. The number of pyridine rings is 1. The van der Waals surface area contributed by atoms with Gasteiger partial charge >= 0.3 is 0 Å². The summed E-state index contributed by atoms with van der Waals surface area (Å²) in [7, 11) is 0. The molecule has 1 aromatic carbocycles.